The number of aromatic nitrogens is 2. The average molecular weight is 341 g/mol. The smallest absolute Gasteiger partial charge is 0.274 e. The van der Waals surface area contributed by atoms with Crippen molar-refractivity contribution in [3.63, 3.8) is 0 Å². The number of carbonyl (C=O) groups is 1. The Kier molecular flexibility index (Phi) is 5.48. The van der Waals surface area contributed by atoms with Crippen LogP contribution in [0.15, 0.2) is 47.3 Å². The molecular formula is C19H23N3O3. The van der Waals surface area contributed by atoms with Crippen molar-refractivity contribution in [2.24, 2.45) is 5.92 Å². The van der Waals surface area contributed by atoms with Crippen LogP contribution in [0.2, 0.25) is 0 Å². The fraction of sp³-hybridized carbons (Fsp3) is 0.421. The molecule has 6 heteroatoms. The van der Waals surface area contributed by atoms with Crippen molar-refractivity contribution in [3.05, 3.63) is 58.5 Å². The van der Waals surface area contributed by atoms with Gasteiger partial charge in [0.25, 0.3) is 11.5 Å². The number of hydrogen-bond acceptors (Lipinski definition) is 4. The lowest BCUT2D eigenvalue weighted by Gasteiger charge is -2.30. The Morgan fingerprint density at radius 3 is 2.80 bits per heavy atom. The van der Waals surface area contributed by atoms with Crippen LogP contribution in [0.4, 0.5) is 0 Å². The molecule has 1 atom stereocenters. The molecule has 0 spiro atoms. The van der Waals surface area contributed by atoms with E-state index in [1.807, 2.05) is 35.2 Å². The minimum atomic E-state index is -0.236. The zero-order chi connectivity index (χ0) is 17.6. The largest absolute Gasteiger partial charge is 0.492 e. The molecule has 2 aromatic rings. The highest BCUT2D eigenvalue weighted by Crippen LogP contribution is 2.17. The Bertz CT molecular complexity index is 773. The Balaban J connectivity index is 1.65. The summed E-state index contributed by atoms with van der Waals surface area (Å²) in [5.41, 5.74) is 0.0774. The minimum Gasteiger partial charge on any atom is -0.492 e. The van der Waals surface area contributed by atoms with Crippen LogP contribution in [-0.4, -0.2) is 40.3 Å². The van der Waals surface area contributed by atoms with E-state index in [4.69, 9.17) is 4.74 Å². The molecule has 0 radical (unpaired) electrons. The highest BCUT2D eigenvalue weighted by atomic mass is 16.5. The Labute approximate surface area is 147 Å². The lowest BCUT2D eigenvalue weighted by molar-refractivity contribution is 0.0673. The van der Waals surface area contributed by atoms with Crippen LogP contribution >= 0.6 is 0 Å². The van der Waals surface area contributed by atoms with Gasteiger partial charge in [0.05, 0.1) is 6.54 Å². The van der Waals surface area contributed by atoms with E-state index in [-0.39, 0.29) is 11.5 Å². The number of hydrogen-bond donors (Lipinski definition) is 0. The van der Waals surface area contributed by atoms with E-state index in [0.29, 0.717) is 24.8 Å². The molecule has 25 heavy (non-hydrogen) atoms. The van der Waals surface area contributed by atoms with Crippen molar-refractivity contribution in [1.29, 1.82) is 0 Å². The second-order valence-electron chi connectivity index (χ2n) is 6.44. The van der Waals surface area contributed by atoms with Crippen molar-refractivity contribution >= 4 is 5.91 Å². The van der Waals surface area contributed by atoms with Gasteiger partial charge < -0.3 is 9.64 Å². The number of rotatable bonds is 5. The molecular weight excluding hydrogens is 318 g/mol. The van der Waals surface area contributed by atoms with E-state index in [2.05, 4.69) is 12.0 Å². The summed E-state index contributed by atoms with van der Waals surface area (Å²) >= 11 is 0. The first-order chi connectivity index (χ1) is 12.1. The van der Waals surface area contributed by atoms with Gasteiger partial charge in [-0.05, 0) is 37.0 Å². The third kappa shape index (κ3) is 4.47. The SMILES string of the molecule is CC1CCCN(C(=O)c2ccc(=O)n(CCOc3ccccc3)n2)C1. The van der Waals surface area contributed by atoms with E-state index in [1.54, 1.807) is 0 Å². The number of piperidine rings is 1. The molecule has 1 unspecified atom stereocenters. The maximum Gasteiger partial charge on any atom is 0.274 e. The lowest BCUT2D eigenvalue weighted by atomic mass is 10.00. The molecule has 1 aromatic carbocycles. The van der Waals surface area contributed by atoms with Gasteiger partial charge in [-0.1, -0.05) is 25.1 Å². The Morgan fingerprint density at radius 1 is 1.24 bits per heavy atom. The summed E-state index contributed by atoms with van der Waals surface area (Å²) in [5.74, 6) is 1.14. The van der Waals surface area contributed by atoms with Crippen LogP contribution in [0.5, 0.6) is 5.75 Å². The number of amides is 1. The monoisotopic (exact) mass is 341 g/mol. The number of para-hydroxylation sites is 1. The molecule has 3 rings (SSSR count). The number of benzene rings is 1. The molecule has 2 heterocycles. The number of ether oxygens (including phenoxy) is 1. The summed E-state index contributed by atoms with van der Waals surface area (Å²) in [6.07, 6.45) is 2.16. The van der Waals surface area contributed by atoms with Crippen LogP contribution in [0.3, 0.4) is 0 Å². The van der Waals surface area contributed by atoms with Crippen LogP contribution in [-0.2, 0) is 6.54 Å². The molecule has 0 bridgehead atoms. The van der Waals surface area contributed by atoms with Crippen molar-refractivity contribution < 1.29 is 9.53 Å². The van der Waals surface area contributed by atoms with Crippen LogP contribution in [0.25, 0.3) is 0 Å². The van der Waals surface area contributed by atoms with E-state index < -0.39 is 0 Å². The second-order valence-corrected chi connectivity index (χ2v) is 6.44. The van der Waals surface area contributed by atoms with Gasteiger partial charge in [-0.15, -0.1) is 0 Å². The summed E-state index contributed by atoms with van der Waals surface area (Å²) in [6, 6.07) is 12.3. The summed E-state index contributed by atoms with van der Waals surface area (Å²) in [6.45, 7) is 4.26. The summed E-state index contributed by atoms with van der Waals surface area (Å²) in [5, 5.41) is 4.24. The standard InChI is InChI=1S/C19H23N3O3/c1-15-6-5-11-21(14-15)19(24)17-9-10-18(23)22(20-17)12-13-25-16-7-3-2-4-8-16/h2-4,7-10,15H,5-6,11-14H2,1H3. The highest BCUT2D eigenvalue weighted by molar-refractivity contribution is 5.92. The quantitative estimate of drug-likeness (QED) is 0.836. The fourth-order valence-corrected chi connectivity index (χ4v) is 3.03. The first-order valence-corrected chi connectivity index (χ1v) is 8.69. The van der Waals surface area contributed by atoms with Crippen molar-refractivity contribution in [3.8, 4) is 5.75 Å². The molecule has 1 aliphatic heterocycles. The van der Waals surface area contributed by atoms with Gasteiger partial charge in [0.15, 0.2) is 0 Å². The topological polar surface area (TPSA) is 64.4 Å². The first kappa shape index (κ1) is 17.2. The van der Waals surface area contributed by atoms with E-state index >= 15 is 0 Å². The molecule has 1 saturated heterocycles. The van der Waals surface area contributed by atoms with Crippen LogP contribution in [0.1, 0.15) is 30.3 Å². The van der Waals surface area contributed by atoms with Gasteiger partial charge in [-0.2, -0.15) is 5.10 Å². The van der Waals surface area contributed by atoms with Gasteiger partial charge in [0, 0.05) is 19.2 Å². The molecule has 1 aliphatic rings. The zero-order valence-electron chi connectivity index (χ0n) is 14.4. The van der Waals surface area contributed by atoms with E-state index in [9.17, 15) is 9.59 Å². The number of likely N-dealkylation sites (tertiary alicyclic amines) is 1. The fourth-order valence-electron chi connectivity index (χ4n) is 3.03. The predicted molar refractivity (Wildman–Crippen MR) is 94.7 cm³/mol. The number of nitrogens with zero attached hydrogens (tertiary/aromatic N) is 3. The average Bonchev–Trinajstić information content (AvgIpc) is 2.63. The maximum absolute atomic E-state index is 12.6. The number of carbonyl (C=O) groups excluding carboxylic acids is 1. The first-order valence-electron chi connectivity index (χ1n) is 8.69. The van der Waals surface area contributed by atoms with Gasteiger partial charge in [-0.25, -0.2) is 4.68 Å². The summed E-state index contributed by atoms with van der Waals surface area (Å²) in [4.78, 5) is 26.4. The second kappa shape index (κ2) is 7.96. The lowest BCUT2D eigenvalue weighted by Crippen LogP contribution is -2.40. The third-order valence-electron chi connectivity index (χ3n) is 4.34. The van der Waals surface area contributed by atoms with Crippen molar-refractivity contribution in [1.82, 2.24) is 14.7 Å². The van der Waals surface area contributed by atoms with Crippen LogP contribution in [0, 0.1) is 5.92 Å². The molecule has 1 aromatic heterocycles. The zero-order valence-corrected chi connectivity index (χ0v) is 14.4. The molecule has 132 valence electrons. The molecule has 0 aliphatic carbocycles. The predicted octanol–water partition coefficient (Wildman–Crippen LogP) is 2.19. The normalized spacial score (nSPS) is 17.3. The van der Waals surface area contributed by atoms with Crippen molar-refractivity contribution in [2.75, 3.05) is 19.7 Å². The van der Waals surface area contributed by atoms with E-state index in [1.165, 1.54) is 16.8 Å². The minimum absolute atomic E-state index is 0.107. The van der Waals surface area contributed by atoms with E-state index in [0.717, 1.165) is 31.7 Å². The highest BCUT2D eigenvalue weighted by Gasteiger charge is 2.23. The Hall–Kier alpha value is -2.63. The van der Waals surface area contributed by atoms with Gasteiger partial charge in [0.2, 0.25) is 0 Å². The molecule has 0 N–H and O–H groups in total. The summed E-state index contributed by atoms with van der Waals surface area (Å²) in [7, 11) is 0. The third-order valence-corrected chi connectivity index (χ3v) is 4.34. The van der Waals surface area contributed by atoms with Crippen LogP contribution < -0.4 is 10.3 Å². The molecule has 6 nitrogen and oxygen atoms in total. The molecule has 1 fully saturated rings. The molecule has 1 amide bonds. The van der Waals surface area contributed by atoms with Crippen molar-refractivity contribution in [2.45, 2.75) is 26.3 Å². The van der Waals surface area contributed by atoms with Gasteiger partial charge >= 0.3 is 0 Å². The van der Waals surface area contributed by atoms with Gasteiger partial charge in [-0.3, -0.25) is 9.59 Å². The summed E-state index contributed by atoms with van der Waals surface area (Å²) < 4.78 is 6.90. The Morgan fingerprint density at radius 2 is 2.04 bits per heavy atom. The van der Waals surface area contributed by atoms with Gasteiger partial charge in [0.1, 0.15) is 18.1 Å². The maximum atomic E-state index is 12.6. The molecule has 0 saturated carbocycles.